The van der Waals surface area contributed by atoms with E-state index in [1.54, 1.807) is 0 Å². The maximum Gasteiger partial charge on any atom is 0.242 e. The summed E-state index contributed by atoms with van der Waals surface area (Å²) in [6, 6.07) is 13.0. The molecule has 4 heteroatoms. The van der Waals surface area contributed by atoms with Crippen LogP contribution in [0.2, 0.25) is 0 Å². The van der Waals surface area contributed by atoms with E-state index in [-0.39, 0.29) is 6.71 Å². The number of aryl methyl sites for hydroxylation is 4. The van der Waals surface area contributed by atoms with Crippen LogP contribution in [0.4, 0.5) is 0 Å². The highest BCUT2D eigenvalue weighted by Crippen LogP contribution is 2.32. The van der Waals surface area contributed by atoms with Crippen molar-refractivity contribution in [1.82, 2.24) is 9.97 Å². The molecule has 0 fully saturated rings. The van der Waals surface area contributed by atoms with Gasteiger partial charge in [0, 0.05) is 35.9 Å². The van der Waals surface area contributed by atoms with Gasteiger partial charge in [-0.25, -0.2) is 0 Å². The van der Waals surface area contributed by atoms with Crippen LogP contribution in [0.1, 0.15) is 54.2 Å². The third-order valence-electron chi connectivity index (χ3n) is 8.37. The van der Waals surface area contributed by atoms with Crippen LogP contribution in [-0.2, 0) is 0 Å². The lowest BCUT2D eigenvalue weighted by molar-refractivity contribution is 1.29. The number of halogens is 1. The molecule has 2 nitrogen and oxygen atoms in total. The van der Waals surface area contributed by atoms with Gasteiger partial charge in [0.15, 0.2) is 0 Å². The average molecular weight is 603 g/mol. The molecule has 208 valence electrons. The van der Waals surface area contributed by atoms with E-state index in [9.17, 15) is 0 Å². The van der Waals surface area contributed by atoms with E-state index in [2.05, 4.69) is 119 Å². The third-order valence-corrected chi connectivity index (χ3v) is 9.00. The van der Waals surface area contributed by atoms with Gasteiger partial charge in [-0.05, 0) is 118 Å². The quantitative estimate of drug-likeness (QED) is 0.156. The highest BCUT2D eigenvalue weighted by molar-refractivity contribution is 9.11. The van der Waals surface area contributed by atoms with E-state index >= 15 is 0 Å². The minimum atomic E-state index is -0.0262. The van der Waals surface area contributed by atoms with Gasteiger partial charge >= 0.3 is 0 Å². The SMILES string of the molecule is C=C(B(c1c(C)cc(C)c(-c2cccnc2)c1C)c1c(C)cc(C)c(-c2cccnc2)c1C)/C(C)=C\C(C)=C(/C)Br. The fourth-order valence-corrected chi connectivity index (χ4v) is 6.55. The fraction of sp³-hybridized carbons (Fsp3) is 0.243. The minimum absolute atomic E-state index is 0.0262. The molecule has 0 unspecified atom stereocenters. The first-order chi connectivity index (χ1) is 19.4. The maximum atomic E-state index is 4.80. The van der Waals surface area contributed by atoms with Crippen molar-refractivity contribution in [3.05, 3.63) is 128 Å². The molecular formula is C37H40BBrN2. The molecule has 2 aromatic carbocycles. The van der Waals surface area contributed by atoms with Crippen LogP contribution >= 0.6 is 15.9 Å². The zero-order valence-electron chi connectivity index (χ0n) is 25.9. The molecule has 0 amide bonds. The largest absolute Gasteiger partial charge is 0.264 e. The first-order valence-electron chi connectivity index (χ1n) is 14.2. The molecule has 0 aliphatic carbocycles. The Morgan fingerprint density at radius 3 is 1.54 bits per heavy atom. The number of aromatic nitrogens is 2. The summed E-state index contributed by atoms with van der Waals surface area (Å²) in [6.45, 7) is 24.6. The Morgan fingerprint density at radius 1 is 0.732 bits per heavy atom. The van der Waals surface area contributed by atoms with Gasteiger partial charge in [0.05, 0.1) is 0 Å². The second-order valence-electron chi connectivity index (χ2n) is 11.3. The Hall–Kier alpha value is -3.50. The lowest BCUT2D eigenvalue weighted by atomic mass is 9.32. The van der Waals surface area contributed by atoms with Crippen LogP contribution in [-0.4, -0.2) is 16.7 Å². The molecule has 0 radical (unpaired) electrons. The first-order valence-corrected chi connectivity index (χ1v) is 15.0. The third kappa shape index (κ3) is 6.09. The lowest BCUT2D eigenvalue weighted by Gasteiger charge is -2.29. The second-order valence-corrected chi connectivity index (χ2v) is 12.5. The highest BCUT2D eigenvalue weighted by atomic mass is 79.9. The molecule has 4 rings (SSSR count). The summed E-state index contributed by atoms with van der Waals surface area (Å²) in [5.41, 5.74) is 18.5. The van der Waals surface area contributed by atoms with Crippen molar-refractivity contribution in [2.75, 3.05) is 0 Å². The summed E-state index contributed by atoms with van der Waals surface area (Å²) in [6.07, 6.45) is 9.87. The molecule has 0 N–H and O–H groups in total. The second kappa shape index (κ2) is 12.6. The van der Waals surface area contributed by atoms with Crippen molar-refractivity contribution in [3.8, 4) is 22.3 Å². The van der Waals surface area contributed by atoms with Crippen molar-refractivity contribution >= 4 is 33.6 Å². The maximum absolute atomic E-state index is 4.80. The standard InChI is InChI=1S/C37H40BBrN2/c1-22(17-23(2)31(10)39)30(9)38(36-26(5)18-24(3)34(28(36)7)32-13-11-15-40-20-32)37-27(6)19-25(4)35(29(37)8)33-14-12-16-41-21-33/h11-21H,9H2,1-8,10H3/b22-17-,31-23+. The molecular weight excluding hydrogens is 563 g/mol. The summed E-state index contributed by atoms with van der Waals surface area (Å²) in [5, 5.41) is 0. The zero-order valence-corrected chi connectivity index (χ0v) is 27.5. The monoisotopic (exact) mass is 602 g/mol. The van der Waals surface area contributed by atoms with Gasteiger partial charge in [0.25, 0.3) is 0 Å². The van der Waals surface area contributed by atoms with Crippen LogP contribution in [0.3, 0.4) is 0 Å². The van der Waals surface area contributed by atoms with E-state index in [1.165, 1.54) is 66.6 Å². The van der Waals surface area contributed by atoms with E-state index in [1.807, 2.05) is 36.9 Å². The van der Waals surface area contributed by atoms with E-state index in [0.29, 0.717) is 0 Å². The molecule has 2 heterocycles. The number of benzene rings is 2. The van der Waals surface area contributed by atoms with E-state index in [0.717, 1.165) is 21.1 Å². The van der Waals surface area contributed by atoms with Crippen LogP contribution < -0.4 is 10.9 Å². The molecule has 0 aliphatic rings. The molecule has 0 spiro atoms. The molecule has 4 aromatic rings. The Kier molecular flexibility index (Phi) is 9.34. The summed E-state index contributed by atoms with van der Waals surface area (Å²) in [7, 11) is 0. The van der Waals surface area contributed by atoms with Crippen molar-refractivity contribution in [1.29, 1.82) is 0 Å². The van der Waals surface area contributed by atoms with Crippen molar-refractivity contribution in [2.24, 2.45) is 0 Å². The number of hydrogen-bond donors (Lipinski definition) is 0. The molecule has 0 bridgehead atoms. The Morgan fingerprint density at radius 2 is 1.17 bits per heavy atom. The van der Waals surface area contributed by atoms with Gasteiger partial charge in [0.2, 0.25) is 6.71 Å². The van der Waals surface area contributed by atoms with Crippen LogP contribution in [0.15, 0.2) is 94.9 Å². The van der Waals surface area contributed by atoms with E-state index < -0.39 is 0 Å². The summed E-state index contributed by atoms with van der Waals surface area (Å²) >= 11 is 3.67. The topological polar surface area (TPSA) is 25.8 Å². The normalized spacial score (nSPS) is 12.3. The Balaban J connectivity index is 2.11. The Bertz CT molecular complexity index is 1580. The number of hydrogen-bond acceptors (Lipinski definition) is 2. The van der Waals surface area contributed by atoms with Crippen molar-refractivity contribution in [2.45, 2.75) is 62.3 Å². The predicted molar refractivity (Wildman–Crippen MR) is 183 cm³/mol. The molecule has 41 heavy (non-hydrogen) atoms. The van der Waals surface area contributed by atoms with Crippen molar-refractivity contribution in [3.63, 3.8) is 0 Å². The molecule has 2 aromatic heterocycles. The van der Waals surface area contributed by atoms with E-state index in [4.69, 9.17) is 6.58 Å². The number of rotatable bonds is 7. The Labute approximate surface area is 255 Å². The molecule has 0 saturated carbocycles. The molecule has 0 atom stereocenters. The van der Waals surface area contributed by atoms with Gasteiger partial charge in [-0.15, -0.1) is 6.58 Å². The highest BCUT2D eigenvalue weighted by Gasteiger charge is 2.32. The summed E-state index contributed by atoms with van der Waals surface area (Å²) in [4.78, 5) is 8.90. The van der Waals surface area contributed by atoms with Gasteiger partial charge in [-0.2, -0.15) is 0 Å². The fourth-order valence-electron chi connectivity index (χ4n) is 6.44. The van der Waals surface area contributed by atoms with Crippen LogP contribution in [0, 0.1) is 41.5 Å². The number of pyridine rings is 2. The predicted octanol–water partition coefficient (Wildman–Crippen LogP) is 9.00. The van der Waals surface area contributed by atoms with Gasteiger partial charge in [-0.1, -0.05) is 79.4 Å². The van der Waals surface area contributed by atoms with Crippen molar-refractivity contribution < 1.29 is 0 Å². The number of nitrogens with zero attached hydrogens (tertiary/aromatic N) is 2. The van der Waals surface area contributed by atoms with Crippen LogP contribution in [0.5, 0.6) is 0 Å². The molecule has 0 saturated heterocycles. The average Bonchev–Trinajstić information content (AvgIpc) is 2.92. The van der Waals surface area contributed by atoms with Crippen LogP contribution in [0.25, 0.3) is 22.3 Å². The summed E-state index contributed by atoms with van der Waals surface area (Å²) in [5.74, 6) is 0. The molecule has 0 aliphatic heterocycles. The number of allylic oxidation sites excluding steroid dienone is 5. The van der Waals surface area contributed by atoms with Gasteiger partial charge < -0.3 is 0 Å². The minimum Gasteiger partial charge on any atom is -0.264 e. The summed E-state index contributed by atoms with van der Waals surface area (Å²) < 4.78 is 1.13. The van der Waals surface area contributed by atoms with Gasteiger partial charge in [-0.3, -0.25) is 9.97 Å². The lowest BCUT2D eigenvalue weighted by Crippen LogP contribution is -2.49. The van der Waals surface area contributed by atoms with Gasteiger partial charge in [0.1, 0.15) is 0 Å². The zero-order chi connectivity index (χ0) is 30.0. The smallest absolute Gasteiger partial charge is 0.242 e. The first kappa shape index (κ1) is 30.5.